The summed E-state index contributed by atoms with van der Waals surface area (Å²) in [5.74, 6) is 0. The van der Waals surface area contributed by atoms with Gasteiger partial charge in [-0.05, 0) is 45.3 Å². The molecule has 0 saturated carbocycles. The van der Waals surface area contributed by atoms with Crippen LogP contribution < -0.4 is 5.46 Å². The van der Waals surface area contributed by atoms with Crippen LogP contribution in [0.5, 0.6) is 0 Å². The Bertz CT molecular complexity index is 589. The van der Waals surface area contributed by atoms with E-state index in [1.807, 2.05) is 0 Å². The van der Waals surface area contributed by atoms with Crippen LogP contribution in [0.1, 0.15) is 38.8 Å². The summed E-state index contributed by atoms with van der Waals surface area (Å²) in [6.45, 7) is 7.07. The van der Waals surface area contributed by atoms with E-state index in [2.05, 4.69) is 0 Å². The summed E-state index contributed by atoms with van der Waals surface area (Å²) in [4.78, 5) is 0. The van der Waals surface area contributed by atoms with E-state index in [0.29, 0.717) is 0 Å². The molecule has 1 heterocycles. The van der Waals surface area contributed by atoms with Crippen molar-refractivity contribution < 1.29 is 22.5 Å². The molecular weight excluding hydrogens is 282 g/mol. The highest BCUT2D eigenvalue weighted by molar-refractivity contribution is 6.62. The second kappa shape index (κ2) is 4.75. The lowest BCUT2D eigenvalue weighted by Gasteiger charge is -2.32. The zero-order valence-electron chi connectivity index (χ0n) is 12.2. The van der Waals surface area contributed by atoms with Gasteiger partial charge in [0.1, 0.15) is 0 Å². The van der Waals surface area contributed by atoms with Crippen LogP contribution in [-0.4, -0.2) is 18.3 Å². The van der Waals surface area contributed by atoms with Crippen molar-refractivity contribution in [1.82, 2.24) is 0 Å². The molecule has 1 saturated heterocycles. The number of hydrogen-bond donors (Lipinski definition) is 0. The van der Waals surface area contributed by atoms with E-state index in [9.17, 15) is 13.2 Å². The molecule has 112 valence electrons. The van der Waals surface area contributed by atoms with E-state index in [0.717, 1.165) is 6.07 Å². The van der Waals surface area contributed by atoms with Gasteiger partial charge in [-0.15, -0.1) is 0 Å². The van der Waals surface area contributed by atoms with Gasteiger partial charge in [0.2, 0.25) is 0 Å². The van der Waals surface area contributed by atoms with E-state index < -0.39 is 30.1 Å². The largest absolute Gasteiger partial charge is 0.495 e. The number of halogens is 3. The highest BCUT2D eigenvalue weighted by atomic mass is 19.4. The molecule has 7 heteroatoms. The first kappa shape index (κ1) is 15.9. The van der Waals surface area contributed by atoms with E-state index in [4.69, 9.17) is 14.6 Å². The van der Waals surface area contributed by atoms with Gasteiger partial charge in [0.25, 0.3) is 0 Å². The van der Waals surface area contributed by atoms with Crippen molar-refractivity contribution in [3.63, 3.8) is 0 Å². The maximum absolute atomic E-state index is 13.2. The molecule has 1 aliphatic rings. The highest BCUT2D eigenvalue weighted by Gasteiger charge is 2.53. The van der Waals surface area contributed by atoms with Crippen LogP contribution in [0.15, 0.2) is 18.2 Å². The summed E-state index contributed by atoms with van der Waals surface area (Å²) in [5.41, 5.74) is -2.52. The Hall–Kier alpha value is -1.52. The van der Waals surface area contributed by atoms with Crippen molar-refractivity contribution in [2.75, 3.05) is 0 Å². The molecule has 0 amide bonds. The van der Waals surface area contributed by atoms with E-state index >= 15 is 0 Å². The molecule has 0 bridgehead atoms. The summed E-state index contributed by atoms with van der Waals surface area (Å²) in [5, 5.41) is 8.77. The Morgan fingerprint density at radius 3 is 2.05 bits per heavy atom. The Morgan fingerprint density at radius 1 is 1.10 bits per heavy atom. The summed E-state index contributed by atoms with van der Waals surface area (Å²) >= 11 is 0. The SMILES string of the molecule is CC1(C)OB(c2ccc(C#N)cc2C(F)(F)F)OC1(C)C. The average Bonchev–Trinajstić information content (AvgIpc) is 2.56. The molecule has 0 radical (unpaired) electrons. The standard InChI is InChI=1S/C14H15BF3NO2/c1-12(2)13(3,4)21-15(20-12)11-6-5-9(8-19)7-10(11)14(16,17)18/h5-7H,1-4H3. The first-order valence-electron chi connectivity index (χ1n) is 6.45. The van der Waals surface area contributed by atoms with E-state index in [1.165, 1.54) is 12.1 Å². The number of hydrogen-bond acceptors (Lipinski definition) is 3. The molecule has 0 N–H and O–H groups in total. The van der Waals surface area contributed by atoms with Crippen molar-refractivity contribution in [1.29, 1.82) is 5.26 Å². The molecular formula is C14H15BF3NO2. The molecule has 1 aromatic rings. The van der Waals surface area contributed by atoms with Gasteiger partial charge >= 0.3 is 13.3 Å². The van der Waals surface area contributed by atoms with Crippen LogP contribution in [0.25, 0.3) is 0 Å². The number of nitrogens with zero attached hydrogens (tertiary/aromatic N) is 1. The molecule has 3 nitrogen and oxygen atoms in total. The molecule has 1 aromatic carbocycles. The third kappa shape index (κ3) is 2.78. The van der Waals surface area contributed by atoms with Crippen LogP contribution >= 0.6 is 0 Å². The van der Waals surface area contributed by atoms with Crippen LogP contribution in [0, 0.1) is 11.3 Å². The van der Waals surface area contributed by atoms with Gasteiger partial charge in [-0.3, -0.25) is 0 Å². The van der Waals surface area contributed by atoms with Gasteiger partial charge in [-0.2, -0.15) is 18.4 Å². The third-order valence-electron chi connectivity index (χ3n) is 3.99. The molecule has 2 rings (SSSR count). The summed E-state index contributed by atoms with van der Waals surface area (Å²) in [6, 6.07) is 5.10. The van der Waals surface area contributed by atoms with Crippen molar-refractivity contribution in [2.24, 2.45) is 0 Å². The molecule has 1 fully saturated rings. The minimum absolute atomic E-state index is 0.0532. The Morgan fingerprint density at radius 2 is 1.62 bits per heavy atom. The first-order chi connectivity index (χ1) is 9.48. The van der Waals surface area contributed by atoms with Gasteiger partial charge in [0, 0.05) is 0 Å². The summed E-state index contributed by atoms with van der Waals surface area (Å²) in [6.07, 6.45) is -4.58. The lowest BCUT2D eigenvalue weighted by atomic mass is 9.75. The fourth-order valence-electron chi connectivity index (χ4n) is 2.05. The second-order valence-corrected chi connectivity index (χ2v) is 6.00. The molecule has 1 aliphatic heterocycles. The molecule has 0 aliphatic carbocycles. The van der Waals surface area contributed by atoms with Crippen molar-refractivity contribution >= 4 is 12.6 Å². The monoisotopic (exact) mass is 297 g/mol. The zero-order valence-corrected chi connectivity index (χ0v) is 12.2. The van der Waals surface area contributed by atoms with E-state index in [1.54, 1.807) is 33.8 Å². The van der Waals surface area contributed by atoms with Crippen LogP contribution in [0.4, 0.5) is 13.2 Å². The quantitative estimate of drug-likeness (QED) is 0.749. The maximum atomic E-state index is 13.2. The fourth-order valence-corrected chi connectivity index (χ4v) is 2.05. The lowest BCUT2D eigenvalue weighted by Crippen LogP contribution is -2.41. The first-order valence-corrected chi connectivity index (χ1v) is 6.45. The van der Waals surface area contributed by atoms with Gasteiger partial charge < -0.3 is 9.31 Å². The van der Waals surface area contributed by atoms with Gasteiger partial charge in [0.05, 0.1) is 28.4 Å². The minimum Gasteiger partial charge on any atom is -0.399 e. The Labute approximate surface area is 121 Å². The number of rotatable bonds is 1. The highest BCUT2D eigenvalue weighted by Crippen LogP contribution is 2.38. The number of alkyl halides is 3. The topological polar surface area (TPSA) is 42.2 Å². The van der Waals surface area contributed by atoms with Gasteiger partial charge in [-0.1, -0.05) is 6.07 Å². The van der Waals surface area contributed by atoms with Gasteiger partial charge in [-0.25, -0.2) is 0 Å². The summed E-state index contributed by atoms with van der Waals surface area (Å²) < 4.78 is 50.9. The normalized spacial score (nSPS) is 20.4. The minimum atomic E-state index is -4.58. The van der Waals surface area contributed by atoms with E-state index in [-0.39, 0.29) is 11.0 Å². The lowest BCUT2D eigenvalue weighted by molar-refractivity contribution is -0.136. The van der Waals surface area contributed by atoms with Crippen LogP contribution in [-0.2, 0) is 15.5 Å². The fraction of sp³-hybridized carbons (Fsp3) is 0.500. The number of nitriles is 1. The van der Waals surface area contributed by atoms with Crippen molar-refractivity contribution in [3.05, 3.63) is 29.3 Å². The zero-order chi connectivity index (χ0) is 16.1. The smallest absolute Gasteiger partial charge is 0.399 e. The van der Waals surface area contributed by atoms with Crippen LogP contribution in [0.3, 0.4) is 0 Å². The van der Waals surface area contributed by atoms with Crippen LogP contribution in [0.2, 0.25) is 0 Å². The van der Waals surface area contributed by atoms with Crippen molar-refractivity contribution in [3.8, 4) is 6.07 Å². The Kier molecular flexibility index (Phi) is 3.59. The Balaban J connectivity index is 2.49. The van der Waals surface area contributed by atoms with Crippen molar-refractivity contribution in [2.45, 2.75) is 45.1 Å². The summed E-state index contributed by atoms with van der Waals surface area (Å²) in [7, 11) is -1.11. The predicted octanol–water partition coefficient (Wildman–Crippen LogP) is 2.88. The predicted molar refractivity (Wildman–Crippen MR) is 71.9 cm³/mol. The third-order valence-corrected chi connectivity index (χ3v) is 3.99. The average molecular weight is 297 g/mol. The second-order valence-electron chi connectivity index (χ2n) is 6.00. The molecule has 0 spiro atoms. The molecule has 21 heavy (non-hydrogen) atoms. The number of benzene rings is 1. The molecule has 0 atom stereocenters. The maximum Gasteiger partial charge on any atom is 0.495 e. The van der Waals surface area contributed by atoms with Gasteiger partial charge in [0.15, 0.2) is 0 Å². The molecule has 0 unspecified atom stereocenters. The molecule has 0 aromatic heterocycles.